The lowest BCUT2D eigenvalue weighted by molar-refractivity contribution is -0.143. The summed E-state index contributed by atoms with van der Waals surface area (Å²) in [6.07, 6.45) is 5.04. The van der Waals surface area contributed by atoms with Gasteiger partial charge in [0.2, 0.25) is 11.8 Å². The lowest BCUT2D eigenvalue weighted by Crippen LogP contribution is -2.64. The minimum atomic E-state index is -1.12. The first-order valence-corrected chi connectivity index (χ1v) is 11.0. The molecule has 166 valence electrons. The number of aromatic nitrogens is 1. The molecule has 2 amide bonds. The number of carbonyl (C=O) groups excluding carboxylic acids is 2. The number of piperidine rings is 1. The van der Waals surface area contributed by atoms with Crippen molar-refractivity contribution >= 4 is 29.2 Å². The molecule has 5 N–H and O–H groups in total. The molecule has 0 aliphatic carbocycles. The number of carbonyl (C=O) groups is 2. The van der Waals surface area contributed by atoms with Crippen LogP contribution in [-0.4, -0.2) is 40.3 Å². The second-order valence-electron chi connectivity index (χ2n) is 8.26. The summed E-state index contributed by atoms with van der Waals surface area (Å²) in [6.45, 7) is 3.55. The third-order valence-electron chi connectivity index (χ3n) is 6.15. The number of nitrogens with one attached hydrogen (secondary N) is 1. The van der Waals surface area contributed by atoms with E-state index in [1.165, 1.54) is 0 Å². The van der Waals surface area contributed by atoms with Crippen LogP contribution in [0.2, 0.25) is 5.02 Å². The summed E-state index contributed by atoms with van der Waals surface area (Å²) in [7, 11) is 0. The van der Waals surface area contributed by atoms with Crippen molar-refractivity contribution in [2.75, 3.05) is 18.8 Å². The van der Waals surface area contributed by atoms with Crippen molar-refractivity contribution in [1.82, 2.24) is 15.2 Å². The van der Waals surface area contributed by atoms with Gasteiger partial charge in [-0.2, -0.15) is 0 Å². The standard InChI is InChI=1S/C23H30ClN5O2/c1-23(22(26)31,29-10-3-2-4-11-29)19(13-16-6-5-7-18(24)12-16)21(30)28-15-17-8-9-20(25)27-14-17/h5-9,12,14,19H,2-4,10-11,13,15H2,1H3,(H2,25,27)(H2,26,31)(H,28,30)/t19-,23?/m1/s1. The average Bonchev–Trinajstić information content (AvgIpc) is 2.77. The molecule has 2 atom stereocenters. The molecule has 1 fully saturated rings. The maximum absolute atomic E-state index is 13.4. The van der Waals surface area contributed by atoms with E-state index in [-0.39, 0.29) is 12.5 Å². The Morgan fingerprint density at radius 3 is 2.55 bits per heavy atom. The quantitative estimate of drug-likeness (QED) is 0.580. The van der Waals surface area contributed by atoms with Crippen molar-refractivity contribution < 1.29 is 9.59 Å². The number of amides is 2. The molecular weight excluding hydrogens is 414 g/mol. The van der Waals surface area contributed by atoms with E-state index in [0.29, 0.717) is 17.3 Å². The molecule has 31 heavy (non-hydrogen) atoms. The molecule has 1 aromatic carbocycles. The molecule has 0 radical (unpaired) electrons. The van der Waals surface area contributed by atoms with Crippen molar-refractivity contribution in [3.05, 3.63) is 58.7 Å². The van der Waals surface area contributed by atoms with E-state index in [1.807, 2.05) is 24.3 Å². The predicted molar refractivity (Wildman–Crippen MR) is 122 cm³/mol. The number of nitrogen functional groups attached to an aromatic ring is 1. The molecule has 1 saturated heterocycles. The Bertz CT molecular complexity index is 914. The van der Waals surface area contributed by atoms with Gasteiger partial charge in [-0.3, -0.25) is 14.5 Å². The summed E-state index contributed by atoms with van der Waals surface area (Å²) in [5.41, 5.74) is 12.2. The van der Waals surface area contributed by atoms with E-state index in [1.54, 1.807) is 25.3 Å². The maximum atomic E-state index is 13.4. The van der Waals surface area contributed by atoms with Crippen LogP contribution in [0.3, 0.4) is 0 Å². The average molecular weight is 444 g/mol. The van der Waals surface area contributed by atoms with Crippen LogP contribution in [0.1, 0.15) is 37.3 Å². The minimum Gasteiger partial charge on any atom is -0.384 e. The van der Waals surface area contributed by atoms with Gasteiger partial charge in [-0.25, -0.2) is 4.98 Å². The van der Waals surface area contributed by atoms with Gasteiger partial charge in [0, 0.05) is 17.8 Å². The third kappa shape index (κ3) is 5.54. The van der Waals surface area contributed by atoms with Crippen LogP contribution in [0.25, 0.3) is 0 Å². The lowest BCUT2D eigenvalue weighted by atomic mass is 9.77. The largest absolute Gasteiger partial charge is 0.384 e. The fourth-order valence-electron chi connectivity index (χ4n) is 4.21. The van der Waals surface area contributed by atoms with Crippen LogP contribution in [0.15, 0.2) is 42.6 Å². The first-order valence-electron chi connectivity index (χ1n) is 10.6. The summed E-state index contributed by atoms with van der Waals surface area (Å²) in [4.78, 5) is 32.4. The van der Waals surface area contributed by atoms with Crippen molar-refractivity contribution in [3.8, 4) is 0 Å². The second kappa shape index (κ2) is 10.1. The number of anilines is 1. The zero-order valence-electron chi connectivity index (χ0n) is 17.8. The highest BCUT2D eigenvalue weighted by Crippen LogP contribution is 2.32. The number of nitrogens with zero attached hydrogens (tertiary/aromatic N) is 2. The molecule has 0 saturated carbocycles. The Balaban J connectivity index is 1.89. The number of nitrogens with two attached hydrogens (primary N) is 2. The summed E-state index contributed by atoms with van der Waals surface area (Å²) in [6, 6.07) is 10.9. The van der Waals surface area contributed by atoms with Crippen LogP contribution in [0.4, 0.5) is 5.82 Å². The number of benzene rings is 1. The number of hydrogen-bond donors (Lipinski definition) is 3. The molecule has 1 aliphatic heterocycles. The van der Waals surface area contributed by atoms with Gasteiger partial charge in [0.25, 0.3) is 0 Å². The van der Waals surface area contributed by atoms with Crippen LogP contribution < -0.4 is 16.8 Å². The minimum absolute atomic E-state index is 0.233. The third-order valence-corrected chi connectivity index (χ3v) is 6.39. The molecule has 3 rings (SSSR count). The van der Waals surface area contributed by atoms with E-state index in [2.05, 4.69) is 15.2 Å². The number of likely N-dealkylation sites (tertiary alicyclic amines) is 1. The summed E-state index contributed by atoms with van der Waals surface area (Å²) in [5.74, 6) is -0.988. The summed E-state index contributed by atoms with van der Waals surface area (Å²) in [5, 5.41) is 3.55. The Hall–Kier alpha value is -2.64. The zero-order chi connectivity index (χ0) is 22.4. The van der Waals surface area contributed by atoms with E-state index in [4.69, 9.17) is 23.1 Å². The van der Waals surface area contributed by atoms with E-state index in [9.17, 15) is 9.59 Å². The van der Waals surface area contributed by atoms with E-state index < -0.39 is 17.4 Å². The SMILES string of the molecule is CC(C(N)=O)([C@H](Cc1cccc(Cl)c1)C(=O)NCc1ccc(N)nc1)N1CCCCC1. The van der Waals surface area contributed by atoms with Gasteiger partial charge in [-0.15, -0.1) is 0 Å². The number of halogens is 1. The van der Waals surface area contributed by atoms with E-state index in [0.717, 1.165) is 43.5 Å². The van der Waals surface area contributed by atoms with Crippen molar-refractivity contribution in [2.45, 2.75) is 44.7 Å². The fraction of sp³-hybridized carbons (Fsp3) is 0.435. The zero-order valence-corrected chi connectivity index (χ0v) is 18.6. The summed E-state index contributed by atoms with van der Waals surface area (Å²) < 4.78 is 0. The number of rotatable bonds is 8. The summed E-state index contributed by atoms with van der Waals surface area (Å²) >= 11 is 6.17. The second-order valence-corrected chi connectivity index (χ2v) is 8.69. The van der Waals surface area contributed by atoms with E-state index >= 15 is 0 Å². The Morgan fingerprint density at radius 2 is 1.94 bits per heavy atom. The first-order chi connectivity index (χ1) is 14.8. The number of hydrogen-bond acceptors (Lipinski definition) is 5. The lowest BCUT2D eigenvalue weighted by Gasteiger charge is -2.45. The topological polar surface area (TPSA) is 114 Å². The number of pyridine rings is 1. The van der Waals surface area contributed by atoms with Crippen LogP contribution in [0.5, 0.6) is 0 Å². The smallest absolute Gasteiger partial charge is 0.238 e. The van der Waals surface area contributed by atoms with Gasteiger partial charge in [-0.1, -0.05) is 36.2 Å². The molecule has 2 aromatic rings. The Kier molecular flexibility index (Phi) is 7.51. The normalized spacial score (nSPS) is 17.5. The highest BCUT2D eigenvalue weighted by Gasteiger charge is 2.48. The maximum Gasteiger partial charge on any atom is 0.238 e. The van der Waals surface area contributed by atoms with Crippen LogP contribution in [0, 0.1) is 5.92 Å². The first kappa shape index (κ1) is 23.0. The Morgan fingerprint density at radius 1 is 1.19 bits per heavy atom. The van der Waals surface area contributed by atoms with Gasteiger partial charge >= 0.3 is 0 Å². The molecule has 1 aromatic heterocycles. The van der Waals surface area contributed by atoms with Crippen molar-refractivity contribution in [2.24, 2.45) is 11.7 Å². The van der Waals surface area contributed by atoms with Gasteiger partial charge in [0.15, 0.2) is 0 Å². The molecule has 2 heterocycles. The molecular formula is C23H30ClN5O2. The fourth-order valence-corrected chi connectivity index (χ4v) is 4.42. The van der Waals surface area contributed by atoms with Gasteiger partial charge in [-0.05, 0) is 68.6 Å². The Labute approximate surface area is 188 Å². The van der Waals surface area contributed by atoms with Crippen LogP contribution in [-0.2, 0) is 22.6 Å². The highest BCUT2D eigenvalue weighted by atomic mass is 35.5. The van der Waals surface area contributed by atoms with Gasteiger partial charge in [0.1, 0.15) is 11.4 Å². The molecule has 1 unspecified atom stereocenters. The van der Waals surface area contributed by atoms with Gasteiger partial charge < -0.3 is 16.8 Å². The molecule has 0 spiro atoms. The predicted octanol–water partition coefficient (Wildman–Crippen LogP) is 2.52. The van der Waals surface area contributed by atoms with Crippen molar-refractivity contribution in [3.63, 3.8) is 0 Å². The van der Waals surface area contributed by atoms with Crippen molar-refractivity contribution in [1.29, 1.82) is 0 Å². The highest BCUT2D eigenvalue weighted by molar-refractivity contribution is 6.30. The molecule has 8 heteroatoms. The van der Waals surface area contributed by atoms with Crippen LogP contribution >= 0.6 is 11.6 Å². The monoisotopic (exact) mass is 443 g/mol. The van der Waals surface area contributed by atoms with Gasteiger partial charge in [0.05, 0.1) is 5.92 Å². The molecule has 0 bridgehead atoms. The molecule has 7 nitrogen and oxygen atoms in total. The molecule has 1 aliphatic rings. The number of primary amides is 1.